The zero-order chi connectivity index (χ0) is 11.1. The summed E-state index contributed by atoms with van der Waals surface area (Å²) >= 11 is 0. The molecule has 0 N–H and O–H groups in total. The van der Waals surface area contributed by atoms with Crippen LogP contribution in [0.25, 0.3) is 0 Å². The first-order chi connectivity index (χ1) is 6.65. The zero-order valence-corrected chi connectivity index (χ0v) is 11.8. The van der Waals surface area contributed by atoms with E-state index in [-0.39, 0.29) is 0 Å². The third-order valence-electron chi connectivity index (χ3n) is 1.93. The Morgan fingerprint density at radius 2 is 1.79 bits per heavy atom. The van der Waals surface area contributed by atoms with Crippen LogP contribution in [0.3, 0.4) is 0 Å². The Labute approximate surface area is 97.0 Å². The summed E-state index contributed by atoms with van der Waals surface area (Å²) in [5.74, 6) is 0.677. The molecule has 1 aliphatic heterocycles. The van der Waals surface area contributed by atoms with Gasteiger partial charge in [-0.05, 0) is 40.7 Å². The van der Waals surface area contributed by atoms with Crippen molar-refractivity contribution >= 4 is 21.6 Å². The fourth-order valence-electron chi connectivity index (χ4n) is 1.08. The molecule has 1 rings (SSSR count). The molecule has 0 atom stereocenters. The first-order valence-corrected chi connectivity index (χ1v) is 7.56. The summed E-state index contributed by atoms with van der Waals surface area (Å²) in [7, 11) is 3.86. The molecular weight excluding hydrogens is 208 g/mol. The highest BCUT2D eigenvalue weighted by Gasteiger charge is 2.12. The maximum atomic E-state index is 2.34. The van der Waals surface area contributed by atoms with Crippen LogP contribution in [0.5, 0.6) is 0 Å². The molecule has 0 aromatic heterocycles. The largest absolute Gasteiger partial charge is 0.0683 e. The van der Waals surface area contributed by atoms with Crippen LogP contribution >= 0.6 is 21.6 Å². The summed E-state index contributed by atoms with van der Waals surface area (Å²) in [4.78, 5) is 3.04. The lowest BCUT2D eigenvalue weighted by Gasteiger charge is -2.17. The van der Waals surface area contributed by atoms with Crippen LogP contribution in [-0.4, -0.2) is 0 Å². The highest BCUT2D eigenvalue weighted by Crippen LogP contribution is 2.46. The fraction of sp³-hybridized carbons (Fsp3) is 0.667. The van der Waals surface area contributed by atoms with Crippen LogP contribution < -0.4 is 0 Å². The van der Waals surface area contributed by atoms with Gasteiger partial charge in [-0.2, -0.15) is 0 Å². The van der Waals surface area contributed by atoms with Gasteiger partial charge in [0.15, 0.2) is 0 Å². The molecule has 0 aromatic carbocycles. The number of rotatable bonds is 2. The minimum Gasteiger partial charge on any atom is -0.0683 e. The SMILES string of the molecule is CC.CCC1=C(C)C=C(C(C)C)SS1. The molecule has 0 radical (unpaired) electrons. The van der Waals surface area contributed by atoms with Gasteiger partial charge in [-0.25, -0.2) is 0 Å². The van der Waals surface area contributed by atoms with Gasteiger partial charge in [0.2, 0.25) is 0 Å². The van der Waals surface area contributed by atoms with Crippen molar-refractivity contribution < 1.29 is 0 Å². The molecule has 0 spiro atoms. The van der Waals surface area contributed by atoms with E-state index in [0.717, 1.165) is 0 Å². The van der Waals surface area contributed by atoms with Crippen molar-refractivity contribution in [3.63, 3.8) is 0 Å². The molecule has 0 aliphatic carbocycles. The lowest BCUT2D eigenvalue weighted by molar-refractivity contribution is 0.816. The van der Waals surface area contributed by atoms with Crippen LogP contribution in [0.2, 0.25) is 0 Å². The van der Waals surface area contributed by atoms with Crippen LogP contribution in [-0.2, 0) is 0 Å². The van der Waals surface area contributed by atoms with Crippen molar-refractivity contribution in [3.8, 4) is 0 Å². The van der Waals surface area contributed by atoms with Gasteiger partial charge < -0.3 is 0 Å². The molecule has 0 unspecified atom stereocenters. The van der Waals surface area contributed by atoms with Crippen molar-refractivity contribution in [3.05, 3.63) is 21.5 Å². The Morgan fingerprint density at radius 1 is 1.21 bits per heavy atom. The van der Waals surface area contributed by atoms with E-state index in [1.807, 2.05) is 35.4 Å². The fourth-order valence-corrected chi connectivity index (χ4v) is 4.07. The van der Waals surface area contributed by atoms with E-state index in [1.54, 1.807) is 0 Å². The molecule has 0 bridgehead atoms. The topological polar surface area (TPSA) is 0 Å². The summed E-state index contributed by atoms with van der Waals surface area (Å²) in [6.45, 7) is 12.9. The average Bonchev–Trinajstić information content (AvgIpc) is 2.20. The monoisotopic (exact) mass is 230 g/mol. The second-order valence-corrected chi connectivity index (χ2v) is 5.63. The third kappa shape index (κ3) is 4.14. The Balaban J connectivity index is 0.000000791. The molecule has 2 heteroatoms. The van der Waals surface area contributed by atoms with Crippen LogP contribution in [0, 0.1) is 5.92 Å². The Bertz CT molecular complexity index is 224. The number of hydrogen-bond acceptors (Lipinski definition) is 2. The Hall–Kier alpha value is 0.180. The molecule has 0 aromatic rings. The van der Waals surface area contributed by atoms with Crippen molar-refractivity contribution in [2.45, 2.75) is 48.0 Å². The molecule has 0 amide bonds. The molecule has 0 saturated carbocycles. The molecule has 82 valence electrons. The lowest BCUT2D eigenvalue weighted by atomic mass is 10.1. The third-order valence-corrected chi connectivity index (χ3v) is 5.04. The van der Waals surface area contributed by atoms with E-state index in [1.165, 1.54) is 21.8 Å². The summed E-state index contributed by atoms with van der Waals surface area (Å²) in [6, 6.07) is 0. The van der Waals surface area contributed by atoms with E-state index in [2.05, 4.69) is 33.8 Å². The van der Waals surface area contributed by atoms with Crippen molar-refractivity contribution in [2.24, 2.45) is 5.92 Å². The van der Waals surface area contributed by atoms with Gasteiger partial charge in [-0.15, -0.1) is 0 Å². The van der Waals surface area contributed by atoms with Gasteiger partial charge in [-0.3, -0.25) is 0 Å². The number of hydrogen-bond donors (Lipinski definition) is 0. The summed E-state index contributed by atoms with van der Waals surface area (Å²) in [5.41, 5.74) is 1.46. The molecular formula is C12H22S2. The van der Waals surface area contributed by atoms with E-state index in [4.69, 9.17) is 0 Å². The van der Waals surface area contributed by atoms with Gasteiger partial charge >= 0.3 is 0 Å². The smallest absolute Gasteiger partial charge is 0.00102 e. The first kappa shape index (κ1) is 14.2. The molecule has 0 nitrogen and oxygen atoms in total. The zero-order valence-electron chi connectivity index (χ0n) is 10.2. The minimum absolute atomic E-state index is 0.677. The van der Waals surface area contributed by atoms with Gasteiger partial charge in [0.25, 0.3) is 0 Å². The summed E-state index contributed by atoms with van der Waals surface area (Å²) in [5, 5.41) is 0. The number of allylic oxidation sites excluding steroid dienone is 4. The van der Waals surface area contributed by atoms with Crippen molar-refractivity contribution in [1.82, 2.24) is 0 Å². The average molecular weight is 230 g/mol. The van der Waals surface area contributed by atoms with Crippen molar-refractivity contribution in [1.29, 1.82) is 0 Å². The standard InChI is InChI=1S/C10H16S2.C2H6/c1-5-9-8(4)6-10(7(2)3)12-11-9;1-2/h6-7H,5H2,1-4H3;1-2H3. The molecule has 0 saturated heterocycles. The van der Waals surface area contributed by atoms with Gasteiger partial charge in [-0.1, -0.05) is 56.2 Å². The highest BCUT2D eigenvalue weighted by atomic mass is 33.1. The Kier molecular flexibility index (Phi) is 7.56. The van der Waals surface area contributed by atoms with Crippen LogP contribution in [0.4, 0.5) is 0 Å². The second kappa shape index (κ2) is 7.47. The molecule has 1 heterocycles. The van der Waals surface area contributed by atoms with E-state index in [9.17, 15) is 0 Å². The van der Waals surface area contributed by atoms with E-state index >= 15 is 0 Å². The predicted molar refractivity (Wildman–Crippen MR) is 72.4 cm³/mol. The van der Waals surface area contributed by atoms with Gasteiger partial charge in [0.1, 0.15) is 0 Å². The quantitative estimate of drug-likeness (QED) is 0.564. The summed E-state index contributed by atoms with van der Waals surface area (Å²) < 4.78 is 0. The van der Waals surface area contributed by atoms with Crippen LogP contribution in [0.1, 0.15) is 48.0 Å². The Morgan fingerprint density at radius 3 is 2.14 bits per heavy atom. The summed E-state index contributed by atoms with van der Waals surface area (Å²) in [6.07, 6.45) is 3.51. The second-order valence-electron chi connectivity index (χ2n) is 3.33. The van der Waals surface area contributed by atoms with Gasteiger partial charge in [0, 0.05) is 0 Å². The van der Waals surface area contributed by atoms with E-state index < -0.39 is 0 Å². The lowest BCUT2D eigenvalue weighted by Crippen LogP contribution is -1.93. The maximum Gasteiger partial charge on any atom is -0.00102 e. The van der Waals surface area contributed by atoms with Crippen molar-refractivity contribution in [2.75, 3.05) is 0 Å². The normalized spacial score (nSPS) is 16.4. The maximum absolute atomic E-state index is 2.34. The first-order valence-electron chi connectivity index (χ1n) is 5.41. The molecule has 0 fully saturated rings. The van der Waals surface area contributed by atoms with Crippen LogP contribution in [0.15, 0.2) is 21.5 Å². The van der Waals surface area contributed by atoms with Gasteiger partial charge in [0.05, 0.1) is 0 Å². The van der Waals surface area contributed by atoms with E-state index in [0.29, 0.717) is 5.92 Å². The molecule has 1 aliphatic rings. The molecule has 14 heavy (non-hydrogen) atoms. The highest BCUT2D eigenvalue weighted by molar-refractivity contribution is 8.79. The minimum atomic E-state index is 0.677. The predicted octanol–water partition coefficient (Wildman–Crippen LogP) is 5.63.